The number of fused-ring (bicyclic) bond motifs is 2. The molecule has 0 saturated carbocycles. The van der Waals surface area contributed by atoms with Crippen molar-refractivity contribution < 1.29 is 9.59 Å². The molecule has 0 radical (unpaired) electrons. The van der Waals surface area contributed by atoms with E-state index in [1.54, 1.807) is 18.2 Å². The molecule has 1 atom stereocenters. The number of carbonyl (C=O) groups is 2. The number of ketones is 2. The molecule has 0 amide bonds. The molecule has 0 bridgehead atoms. The maximum atomic E-state index is 13.3. The summed E-state index contributed by atoms with van der Waals surface area (Å²) in [5.41, 5.74) is 2.04. The first kappa shape index (κ1) is 22.4. The maximum absolute atomic E-state index is 13.3. The lowest BCUT2D eigenvalue weighted by Crippen LogP contribution is -2.11. The summed E-state index contributed by atoms with van der Waals surface area (Å²) < 4.78 is 0. The standard InChI is InChI=1S/C26H20N4O2/c1-13(2)5-21-23(15(9-27)10-28)17-7-20-18(8-19(17)25(21)31)24(16(11-29)12-30)22(26(20)32)6-14(3)4/h5-8,13-15,23H,1-4H3/b21-5+,22-6+. The summed E-state index contributed by atoms with van der Waals surface area (Å²) in [5, 5.41) is 38.1. The first-order chi connectivity index (χ1) is 15.2. The third-order valence-corrected chi connectivity index (χ3v) is 5.49. The van der Waals surface area contributed by atoms with Gasteiger partial charge in [0.15, 0.2) is 11.6 Å². The summed E-state index contributed by atoms with van der Waals surface area (Å²) in [7, 11) is 0. The molecule has 6 heteroatoms. The maximum Gasteiger partial charge on any atom is 0.194 e. The van der Waals surface area contributed by atoms with Gasteiger partial charge in [0.05, 0.1) is 12.1 Å². The predicted molar refractivity (Wildman–Crippen MR) is 117 cm³/mol. The van der Waals surface area contributed by atoms with Crippen LogP contribution in [0.5, 0.6) is 0 Å². The first-order valence-electron chi connectivity index (χ1n) is 10.2. The van der Waals surface area contributed by atoms with Crippen molar-refractivity contribution in [2.75, 3.05) is 0 Å². The van der Waals surface area contributed by atoms with Crippen LogP contribution in [0, 0.1) is 63.1 Å². The topological polar surface area (TPSA) is 129 Å². The number of Topliss-reactive ketones (excluding diaryl/α,β-unsaturated/α-hetero) is 2. The fourth-order valence-corrected chi connectivity index (χ4v) is 4.31. The van der Waals surface area contributed by atoms with E-state index in [9.17, 15) is 30.6 Å². The van der Waals surface area contributed by atoms with Crippen molar-refractivity contribution in [1.29, 1.82) is 21.0 Å². The molecular weight excluding hydrogens is 400 g/mol. The van der Waals surface area contributed by atoms with E-state index in [0.29, 0.717) is 22.3 Å². The molecule has 2 aliphatic carbocycles. The van der Waals surface area contributed by atoms with E-state index in [0.717, 1.165) is 0 Å². The van der Waals surface area contributed by atoms with Gasteiger partial charge in [0.25, 0.3) is 0 Å². The van der Waals surface area contributed by atoms with E-state index >= 15 is 0 Å². The Balaban J connectivity index is 2.39. The van der Waals surface area contributed by atoms with Crippen molar-refractivity contribution >= 4 is 17.1 Å². The van der Waals surface area contributed by atoms with Crippen LogP contribution in [0.4, 0.5) is 0 Å². The third kappa shape index (κ3) is 3.43. The smallest absolute Gasteiger partial charge is 0.194 e. The van der Waals surface area contributed by atoms with Crippen LogP contribution in [0.15, 0.2) is 41.0 Å². The number of allylic oxidation sites excluding steroid dienone is 6. The van der Waals surface area contributed by atoms with Gasteiger partial charge in [0, 0.05) is 33.8 Å². The Morgan fingerprint density at radius 3 is 1.94 bits per heavy atom. The van der Waals surface area contributed by atoms with Gasteiger partial charge < -0.3 is 0 Å². The highest BCUT2D eigenvalue weighted by Crippen LogP contribution is 2.48. The van der Waals surface area contributed by atoms with Crippen LogP contribution in [-0.4, -0.2) is 11.6 Å². The van der Waals surface area contributed by atoms with Crippen LogP contribution >= 0.6 is 0 Å². The average Bonchev–Trinajstić information content (AvgIpc) is 3.15. The monoisotopic (exact) mass is 420 g/mol. The van der Waals surface area contributed by atoms with Crippen molar-refractivity contribution in [3.8, 4) is 24.3 Å². The molecule has 1 unspecified atom stereocenters. The van der Waals surface area contributed by atoms with Crippen LogP contribution in [0.2, 0.25) is 0 Å². The number of rotatable bonds is 3. The summed E-state index contributed by atoms with van der Waals surface area (Å²) >= 11 is 0. The second-order valence-electron chi connectivity index (χ2n) is 8.52. The Morgan fingerprint density at radius 2 is 1.44 bits per heavy atom. The van der Waals surface area contributed by atoms with E-state index in [1.165, 1.54) is 6.07 Å². The number of benzene rings is 1. The van der Waals surface area contributed by atoms with E-state index < -0.39 is 11.8 Å². The Bertz CT molecular complexity index is 1280. The van der Waals surface area contributed by atoms with Gasteiger partial charge in [-0.15, -0.1) is 0 Å². The number of nitrogens with zero attached hydrogens (tertiary/aromatic N) is 4. The molecule has 0 heterocycles. The highest BCUT2D eigenvalue weighted by Gasteiger charge is 2.43. The van der Waals surface area contributed by atoms with Crippen LogP contribution in [-0.2, 0) is 0 Å². The number of hydrogen-bond acceptors (Lipinski definition) is 6. The molecule has 3 rings (SSSR count). The molecule has 1 aromatic carbocycles. The normalized spacial score (nSPS) is 19.2. The molecule has 1 aromatic rings. The molecular formula is C26H20N4O2. The summed E-state index contributed by atoms with van der Waals surface area (Å²) in [6, 6.07) is 10.8. The van der Waals surface area contributed by atoms with Gasteiger partial charge in [0.2, 0.25) is 0 Å². The summed E-state index contributed by atoms with van der Waals surface area (Å²) in [5.74, 6) is -2.50. The van der Waals surface area contributed by atoms with E-state index in [1.807, 2.05) is 52.0 Å². The van der Waals surface area contributed by atoms with Crippen molar-refractivity contribution in [3.05, 3.63) is 63.3 Å². The van der Waals surface area contributed by atoms with Crippen molar-refractivity contribution in [1.82, 2.24) is 0 Å². The lowest BCUT2D eigenvalue weighted by molar-refractivity contribution is 0.102. The molecule has 0 saturated heterocycles. The van der Waals surface area contributed by atoms with Crippen molar-refractivity contribution in [2.45, 2.75) is 33.6 Å². The van der Waals surface area contributed by atoms with Gasteiger partial charge >= 0.3 is 0 Å². The van der Waals surface area contributed by atoms with Crippen LogP contribution < -0.4 is 0 Å². The largest absolute Gasteiger partial charge is 0.289 e. The molecule has 32 heavy (non-hydrogen) atoms. The first-order valence-corrected chi connectivity index (χ1v) is 10.2. The van der Waals surface area contributed by atoms with Gasteiger partial charge in [-0.2, -0.15) is 21.0 Å². The average molecular weight is 420 g/mol. The molecule has 2 aliphatic rings. The zero-order valence-electron chi connectivity index (χ0n) is 18.2. The van der Waals surface area contributed by atoms with E-state index in [4.69, 9.17) is 0 Å². The minimum Gasteiger partial charge on any atom is -0.289 e. The molecule has 0 N–H and O–H groups in total. The van der Waals surface area contributed by atoms with Gasteiger partial charge in [-0.25, -0.2) is 0 Å². The molecule has 156 valence electrons. The summed E-state index contributed by atoms with van der Waals surface area (Å²) in [6.45, 7) is 7.56. The van der Waals surface area contributed by atoms with Crippen molar-refractivity contribution in [3.63, 3.8) is 0 Å². The number of carbonyl (C=O) groups excluding carboxylic acids is 2. The Kier molecular flexibility index (Phi) is 5.93. The van der Waals surface area contributed by atoms with E-state index in [2.05, 4.69) is 0 Å². The molecule has 0 fully saturated rings. The number of nitriles is 4. The summed E-state index contributed by atoms with van der Waals surface area (Å²) in [6.07, 6.45) is 3.45. The van der Waals surface area contributed by atoms with Gasteiger partial charge in [0.1, 0.15) is 23.6 Å². The lowest BCUT2D eigenvalue weighted by Gasteiger charge is -2.14. The van der Waals surface area contributed by atoms with Crippen LogP contribution in [0.1, 0.15) is 65.5 Å². The minimum atomic E-state index is -1.09. The lowest BCUT2D eigenvalue weighted by atomic mass is 9.84. The highest BCUT2D eigenvalue weighted by atomic mass is 16.1. The van der Waals surface area contributed by atoms with Crippen LogP contribution in [0.3, 0.4) is 0 Å². The zero-order valence-corrected chi connectivity index (χ0v) is 18.2. The zero-order chi connectivity index (χ0) is 23.7. The number of hydrogen-bond donors (Lipinski definition) is 0. The Hall–Kier alpha value is -4.26. The second kappa shape index (κ2) is 8.47. The second-order valence-corrected chi connectivity index (χ2v) is 8.52. The minimum absolute atomic E-state index is 0.0112. The summed E-state index contributed by atoms with van der Waals surface area (Å²) in [4.78, 5) is 26.6. The highest BCUT2D eigenvalue weighted by molar-refractivity contribution is 6.29. The van der Waals surface area contributed by atoms with Crippen molar-refractivity contribution in [2.24, 2.45) is 17.8 Å². The molecule has 0 aliphatic heterocycles. The van der Waals surface area contributed by atoms with Gasteiger partial charge in [-0.1, -0.05) is 39.8 Å². The molecule has 0 spiro atoms. The fourth-order valence-electron chi connectivity index (χ4n) is 4.31. The molecule has 6 nitrogen and oxygen atoms in total. The SMILES string of the molecule is CC(C)/C=C1/C(=O)c2cc3c(cc2C1=C(C#N)C#N)C(=O)/C(=C/C(C)C)C3C(C#N)C#N. The fraction of sp³-hybridized carbons (Fsp3) is 0.308. The third-order valence-electron chi connectivity index (χ3n) is 5.49. The Morgan fingerprint density at radius 1 is 0.844 bits per heavy atom. The Labute approximate surface area is 187 Å². The van der Waals surface area contributed by atoms with Gasteiger partial charge in [-0.05, 0) is 35.1 Å². The van der Waals surface area contributed by atoms with Crippen LogP contribution in [0.25, 0.3) is 5.57 Å². The predicted octanol–water partition coefficient (Wildman–Crippen LogP) is 4.79. The molecule has 0 aromatic heterocycles. The van der Waals surface area contributed by atoms with Gasteiger partial charge in [-0.3, -0.25) is 9.59 Å². The van der Waals surface area contributed by atoms with E-state index in [-0.39, 0.29) is 45.7 Å². The quantitative estimate of drug-likeness (QED) is 0.510.